The van der Waals surface area contributed by atoms with Gasteiger partial charge in [-0.25, -0.2) is 13.1 Å². The third-order valence-electron chi connectivity index (χ3n) is 4.66. The second kappa shape index (κ2) is 11.0. The summed E-state index contributed by atoms with van der Waals surface area (Å²) in [5.41, 5.74) is 1.22. The van der Waals surface area contributed by atoms with Gasteiger partial charge in [-0.15, -0.1) is 0 Å². The molecule has 0 unspecified atom stereocenters. The minimum Gasteiger partial charge on any atom is -0.486 e. The number of ether oxygens (including phenoxy) is 2. The van der Waals surface area contributed by atoms with Gasteiger partial charge in [0.05, 0.1) is 4.90 Å². The highest BCUT2D eigenvalue weighted by atomic mass is 32.2. The number of carbonyl (C=O) groups is 2. The highest BCUT2D eigenvalue weighted by Crippen LogP contribution is 2.32. The number of amides is 2. The van der Waals surface area contributed by atoms with Crippen molar-refractivity contribution in [2.75, 3.05) is 30.4 Å². The Morgan fingerprint density at radius 3 is 2.38 bits per heavy atom. The number of benzene rings is 2. The largest absolute Gasteiger partial charge is 0.486 e. The third kappa shape index (κ3) is 6.96. The van der Waals surface area contributed by atoms with Crippen LogP contribution in [0.25, 0.3) is 0 Å². The van der Waals surface area contributed by atoms with E-state index in [1.54, 1.807) is 30.3 Å². The highest BCUT2D eigenvalue weighted by Gasteiger charge is 2.18. The van der Waals surface area contributed by atoms with Gasteiger partial charge in [-0.2, -0.15) is 0 Å². The number of hydrogen-bond donors (Lipinski definition) is 3. The van der Waals surface area contributed by atoms with E-state index >= 15 is 0 Å². The molecule has 0 spiro atoms. The zero-order valence-corrected chi connectivity index (χ0v) is 18.7. The quantitative estimate of drug-likeness (QED) is 0.468. The minimum atomic E-state index is -3.65. The molecule has 2 aromatic rings. The van der Waals surface area contributed by atoms with E-state index in [4.69, 9.17) is 9.47 Å². The van der Waals surface area contributed by atoms with Crippen molar-refractivity contribution in [1.82, 2.24) is 4.72 Å². The van der Waals surface area contributed by atoms with Crippen molar-refractivity contribution < 1.29 is 27.5 Å². The Kier molecular flexibility index (Phi) is 8.07. The SMILES string of the molecule is CC(=O)Nc1cccc(NC(=O)CCCCCNS(=O)(=O)c2ccc3c(c2)OCCO3)c1. The monoisotopic (exact) mass is 461 g/mol. The van der Waals surface area contributed by atoms with Crippen LogP contribution in [0.4, 0.5) is 11.4 Å². The maximum atomic E-state index is 12.5. The van der Waals surface area contributed by atoms with Gasteiger partial charge in [0, 0.05) is 37.3 Å². The molecule has 0 radical (unpaired) electrons. The molecule has 2 aromatic carbocycles. The van der Waals surface area contributed by atoms with Crippen molar-refractivity contribution in [3.8, 4) is 11.5 Å². The van der Waals surface area contributed by atoms with E-state index in [0.29, 0.717) is 61.8 Å². The van der Waals surface area contributed by atoms with Crippen LogP contribution in [0, 0.1) is 0 Å². The molecular weight excluding hydrogens is 434 g/mol. The second-order valence-electron chi connectivity index (χ2n) is 7.32. The Balaban J connectivity index is 1.36. The summed E-state index contributed by atoms with van der Waals surface area (Å²) in [7, 11) is -3.65. The molecule has 0 saturated heterocycles. The minimum absolute atomic E-state index is 0.127. The summed E-state index contributed by atoms with van der Waals surface area (Å²) in [6.07, 6.45) is 2.25. The van der Waals surface area contributed by atoms with E-state index in [-0.39, 0.29) is 23.3 Å². The summed E-state index contributed by atoms with van der Waals surface area (Å²) in [6, 6.07) is 11.5. The molecule has 3 N–H and O–H groups in total. The van der Waals surface area contributed by atoms with Crippen LogP contribution >= 0.6 is 0 Å². The molecule has 32 heavy (non-hydrogen) atoms. The molecule has 0 bridgehead atoms. The number of anilines is 2. The predicted molar refractivity (Wildman–Crippen MR) is 120 cm³/mol. The van der Waals surface area contributed by atoms with Gasteiger partial charge in [-0.1, -0.05) is 12.5 Å². The van der Waals surface area contributed by atoms with Crippen LogP contribution in [0.5, 0.6) is 11.5 Å². The number of unbranched alkanes of at least 4 members (excludes halogenated alkanes) is 2. The molecule has 0 atom stereocenters. The maximum Gasteiger partial charge on any atom is 0.240 e. The van der Waals surface area contributed by atoms with Gasteiger partial charge in [-0.05, 0) is 43.2 Å². The van der Waals surface area contributed by atoms with Gasteiger partial charge >= 0.3 is 0 Å². The Bertz CT molecular complexity index is 1070. The van der Waals surface area contributed by atoms with E-state index in [2.05, 4.69) is 15.4 Å². The molecule has 0 saturated carbocycles. The molecule has 2 amide bonds. The van der Waals surface area contributed by atoms with E-state index in [1.807, 2.05) is 0 Å². The molecular formula is C22H27N3O6S. The van der Waals surface area contributed by atoms with Crippen LogP contribution in [0.1, 0.15) is 32.6 Å². The first-order chi connectivity index (χ1) is 15.3. The van der Waals surface area contributed by atoms with Gasteiger partial charge in [0.1, 0.15) is 13.2 Å². The molecule has 1 aliphatic rings. The average molecular weight is 462 g/mol. The third-order valence-corrected chi connectivity index (χ3v) is 6.12. The highest BCUT2D eigenvalue weighted by molar-refractivity contribution is 7.89. The number of sulfonamides is 1. The fourth-order valence-corrected chi connectivity index (χ4v) is 4.26. The van der Waals surface area contributed by atoms with E-state index in [0.717, 1.165) is 0 Å². The van der Waals surface area contributed by atoms with Crippen LogP contribution in [0.2, 0.25) is 0 Å². The molecule has 1 aliphatic heterocycles. The lowest BCUT2D eigenvalue weighted by Gasteiger charge is -2.18. The van der Waals surface area contributed by atoms with Crippen molar-refractivity contribution >= 4 is 33.2 Å². The number of rotatable bonds is 10. The van der Waals surface area contributed by atoms with Crippen molar-refractivity contribution in [2.24, 2.45) is 0 Å². The lowest BCUT2D eigenvalue weighted by atomic mass is 10.2. The maximum absolute atomic E-state index is 12.5. The summed E-state index contributed by atoms with van der Waals surface area (Å²) < 4.78 is 38.3. The van der Waals surface area contributed by atoms with Gasteiger partial charge in [-0.3, -0.25) is 9.59 Å². The van der Waals surface area contributed by atoms with E-state index in [9.17, 15) is 18.0 Å². The topological polar surface area (TPSA) is 123 Å². The molecule has 9 nitrogen and oxygen atoms in total. The predicted octanol–water partition coefficient (Wildman–Crippen LogP) is 2.89. The molecule has 10 heteroatoms. The lowest BCUT2D eigenvalue weighted by Crippen LogP contribution is -2.25. The van der Waals surface area contributed by atoms with Crippen LogP contribution in [-0.4, -0.2) is 40.0 Å². The number of hydrogen-bond acceptors (Lipinski definition) is 6. The van der Waals surface area contributed by atoms with Gasteiger partial charge in [0.25, 0.3) is 0 Å². The van der Waals surface area contributed by atoms with Gasteiger partial charge in [0.2, 0.25) is 21.8 Å². The van der Waals surface area contributed by atoms with Crippen molar-refractivity contribution in [3.63, 3.8) is 0 Å². The van der Waals surface area contributed by atoms with Crippen molar-refractivity contribution in [3.05, 3.63) is 42.5 Å². The Morgan fingerprint density at radius 2 is 1.62 bits per heavy atom. The first kappa shape index (κ1) is 23.6. The van der Waals surface area contributed by atoms with E-state index < -0.39 is 10.0 Å². The number of fused-ring (bicyclic) bond motifs is 1. The zero-order valence-electron chi connectivity index (χ0n) is 17.8. The van der Waals surface area contributed by atoms with Gasteiger partial charge in [0.15, 0.2) is 11.5 Å². The van der Waals surface area contributed by atoms with Crippen molar-refractivity contribution in [2.45, 2.75) is 37.5 Å². The standard InChI is InChI=1S/C22H27N3O6S/c1-16(26)24-17-6-5-7-18(14-17)25-22(27)8-3-2-4-11-23-32(28,29)19-9-10-20-21(15-19)31-13-12-30-20/h5-7,9-10,14-15,23H,2-4,8,11-13H2,1H3,(H,24,26)(H,25,27). The molecule has 0 aromatic heterocycles. The number of carbonyl (C=O) groups excluding carboxylic acids is 2. The second-order valence-corrected chi connectivity index (χ2v) is 9.09. The zero-order chi connectivity index (χ0) is 23.0. The van der Waals surface area contributed by atoms with Crippen LogP contribution in [0.15, 0.2) is 47.4 Å². The van der Waals surface area contributed by atoms with Crippen molar-refractivity contribution in [1.29, 1.82) is 0 Å². The average Bonchev–Trinajstić information content (AvgIpc) is 2.75. The summed E-state index contributed by atoms with van der Waals surface area (Å²) in [4.78, 5) is 23.4. The molecule has 3 rings (SSSR count). The molecule has 1 heterocycles. The summed E-state index contributed by atoms with van der Waals surface area (Å²) in [6.45, 7) is 2.52. The molecule has 0 fully saturated rings. The Hall–Kier alpha value is -3.11. The first-order valence-electron chi connectivity index (χ1n) is 10.4. The Labute approximate surface area is 187 Å². The van der Waals surface area contributed by atoms with Crippen LogP contribution < -0.4 is 24.8 Å². The smallest absolute Gasteiger partial charge is 0.240 e. The summed E-state index contributed by atoms with van der Waals surface area (Å²) >= 11 is 0. The number of nitrogens with one attached hydrogen (secondary N) is 3. The summed E-state index contributed by atoms with van der Waals surface area (Å²) in [5.74, 6) is 0.642. The normalized spacial score (nSPS) is 12.8. The first-order valence-corrected chi connectivity index (χ1v) is 11.9. The fourth-order valence-electron chi connectivity index (χ4n) is 3.17. The van der Waals surface area contributed by atoms with Crippen LogP contribution in [0.3, 0.4) is 0 Å². The molecule has 172 valence electrons. The fraction of sp³-hybridized carbons (Fsp3) is 0.364. The Morgan fingerprint density at radius 1 is 0.906 bits per heavy atom. The van der Waals surface area contributed by atoms with E-state index in [1.165, 1.54) is 19.1 Å². The van der Waals surface area contributed by atoms with Crippen LogP contribution in [-0.2, 0) is 19.6 Å². The van der Waals surface area contributed by atoms with Gasteiger partial charge < -0.3 is 20.1 Å². The lowest BCUT2D eigenvalue weighted by molar-refractivity contribution is -0.116. The molecule has 0 aliphatic carbocycles. The summed E-state index contributed by atoms with van der Waals surface area (Å²) in [5, 5.41) is 5.46.